The average molecular weight is 810 g/mol. The van der Waals surface area contributed by atoms with Gasteiger partial charge in [-0.3, -0.25) is 0 Å². The van der Waals surface area contributed by atoms with Crippen LogP contribution in [0.5, 0.6) is 0 Å². The van der Waals surface area contributed by atoms with Crippen LogP contribution in [-0.2, 0) is 0 Å². The first-order valence-corrected chi connectivity index (χ1v) is 21.0. The molecule has 0 spiro atoms. The van der Waals surface area contributed by atoms with Crippen molar-refractivity contribution in [2.45, 2.75) is 0 Å². The monoisotopic (exact) mass is 809 g/mol. The first kappa shape index (κ1) is 29.9. The highest BCUT2D eigenvalue weighted by Gasteiger charge is 2.17. The minimum Gasteiger partial charge on any atom is -0.311 e. The molecule has 0 aliphatic rings. The molecule has 11 aromatic rings. The van der Waals surface area contributed by atoms with Crippen molar-refractivity contribution in [3.63, 3.8) is 0 Å². The molecule has 0 atom stereocenters. The van der Waals surface area contributed by atoms with Gasteiger partial charge in [0.1, 0.15) is 0 Å². The Morgan fingerprint density at radius 3 is 1.38 bits per heavy atom. The predicted molar refractivity (Wildman–Crippen MR) is 269 cm³/mol. The van der Waals surface area contributed by atoms with E-state index >= 15 is 0 Å². The van der Waals surface area contributed by atoms with Gasteiger partial charge < -0.3 is 4.90 Å². The summed E-state index contributed by atoms with van der Waals surface area (Å²) in [5, 5.41) is 4.12. The maximum Gasteiger partial charge on any atom is 0.0645 e. The van der Waals surface area contributed by atoms with Gasteiger partial charge in [0.05, 0.1) is 11.0 Å². The minimum absolute atomic E-state index is 0.0996. The van der Waals surface area contributed by atoms with Crippen molar-refractivity contribution in [1.29, 1.82) is 0 Å². The van der Waals surface area contributed by atoms with Gasteiger partial charge in [0.25, 0.3) is 0 Å². The summed E-state index contributed by atoms with van der Waals surface area (Å²) in [6.45, 7) is 0. The second kappa shape index (κ2) is 16.7. The van der Waals surface area contributed by atoms with E-state index < -0.39 is 24.2 Å². The molecule has 0 heterocycles. The average Bonchev–Trinajstić information content (AvgIpc) is 3.42. The van der Waals surface area contributed by atoms with Crippen LogP contribution in [0.15, 0.2) is 261 Å². The molecule has 11 aromatic carbocycles. The Morgan fingerprint density at radius 1 is 0.254 bits per heavy atom. The van der Waals surface area contributed by atoms with E-state index in [9.17, 15) is 11.0 Å². The van der Waals surface area contributed by atoms with E-state index in [1.807, 2.05) is 152 Å². The van der Waals surface area contributed by atoms with Crippen LogP contribution in [0.2, 0.25) is 0 Å². The van der Waals surface area contributed by atoms with E-state index in [-0.39, 0.29) is 46.7 Å². The van der Waals surface area contributed by atoms with Gasteiger partial charge in [-0.05, 0) is 137 Å². The third-order valence-corrected chi connectivity index (χ3v) is 11.6. The van der Waals surface area contributed by atoms with Gasteiger partial charge in [-0.1, -0.05) is 212 Å². The predicted octanol–water partition coefficient (Wildman–Crippen LogP) is 17.5. The third-order valence-electron chi connectivity index (χ3n) is 11.6. The summed E-state index contributed by atoms with van der Waals surface area (Å²) in [6.07, 6.45) is 0. The Bertz CT molecular complexity index is 3790. The lowest BCUT2D eigenvalue weighted by Crippen LogP contribution is -2.09. The second-order valence-electron chi connectivity index (χ2n) is 15.5. The molecule has 1 heteroatoms. The van der Waals surface area contributed by atoms with Crippen LogP contribution in [-0.4, -0.2) is 0 Å². The van der Waals surface area contributed by atoms with Gasteiger partial charge in [0.15, 0.2) is 0 Å². The number of anilines is 3. The van der Waals surface area contributed by atoms with E-state index in [1.54, 1.807) is 18.2 Å². The van der Waals surface area contributed by atoms with Gasteiger partial charge in [-0.15, -0.1) is 0 Å². The zero-order valence-corrected chi connectivity index (χ0v) is 34.2. The Labute approximate surface area is 380 Å². The van der Waals surface area contributed by atoms with E-state index in [4.69, 9.17) is 0 Å². The number of fused-ring (bicyclic) bond motifs is 2. The lowest BCUT2D eigenvalue weighted by molar-refractivity contribution is 1.28. The normalized spacial score (nSPS) is 13.0. The number of benzene rings is 11. The zero-order chi connectivity index (χ0) is 48.9. The first-order valence-electron chi connectivity index (χ1n) is 25.0. The van der Waals surface area contributed by atoms with Crippen molar-refractivity contribution >= 4 is 38.6 Å². The van der Waals surface area contributed by atoms with Crippen molar-refractivity contribution in [3.8, 4) is 66.8 Å². The number of hydrogen-bond donors (Lipinski definition) is 0. The van der Waals surface area contributed by atoms with E-state index in [1.165, 1.54) is 4.90 Å². The van der Waals surface area contributed by atoms with Crippen LogP contribution < -0.4 is 4.90 Å². The summed E-state index contributed by atoms with van der Waals surface area (Å²) in [7, 11) is 0. The molecule has 0 fully saturated rings. The quantitative estimate of drug-likeness (QED) is 0.140. The highest BCUT2D eigenvalue weighted by Crippen LogP contribution is 2.42. The molecule has 0 aliphatic carbocycles. The van der Waals surface area contributed by atoms with Crippen molar-refractivity contribution in [2.24, 2.45) is 0 Å². The largest absolute Gasteiger partial charge is 0.311 e. The fourth-order valence-corrected chi connectivity index (χ4v) is 8.51. The molecule has 0 bridgehead atoms. The minimum atomic E-state index is -0.406. The van der Waals surface area contributed by atoms with Crippen LogP contribution in [0, 0.1) is 0 Å². The fourth-order valence-electron chi connectivity index (χ4n) is 8.51. The molecule has 63 heavy (non-hydrogen) atoms. The Kier molecular flexibility index (Phi) is 7.90. The van der Waals surface area contributed by atoms with Crippen molar-refractivity contribution in [3.05, 3.63) is 261 Å². The topological polar surface area (TPSA) is 3.24 Å². The summed E-state index contributed by atoms with van der Waals surface area (Å²) in [4.78, 5) is 1.37. The SMILES string of the molecule is [2H]c1c([2H])c(N(c2ccc(-c3cccc(-c4cccc5ccccc45)c3)cc2)c2c([2H])c([2H])c(-c3ccc4ccccc4c3-c3ccccc3)c([2H])c2[2H])c([2H])c([2H])c1-c1cccc(-c2ccccc2)c1. The summed E-state index contributed by atoms with van der Waals surface area (Å²) < 4.78 is 77.5. The van der Waals surface area contributed by atoms with Crippen LogP contribution in [0.25, 0.3) is 88.3 Å². The van der Waals surface area contributed by atoms with E-state index in [2.05, 4.69) is 42.5 Å². The highest BCUT2D eigenvalue weighted by atomic mass is 15.1. The molecular formula is C62H43N. The third kappa shape index (κ3) is 7.47. The second-order valence-corrected chi connectivity index (χ2v) is 15.5. The van der Waals surface area contributed by atoms with Gasteiger partial charge in [-0.25, -0.2) is 0 Å². The molecule has 0 saturated carbocycles. The van der Waals surface area contributed by atoms with Gasteiger partial charge in [0, 0.05) is 17.1 Å². The number of nitrogens with zero attached hydrogens (tertiary/aromatic N) is 1. The molecule has 0 saturated heterocycles. The van der Waals surface area contributed by atoms with E-state index in [0.717, 1.165) is 66.1 Å². The zero-order valence-electron chi connectivity index (χ0n) is 42.2. The number of hydrogen-bond acceptors (Lipinski definition) is 1. The smallest absolute Gasteiger partial charge is 0.0645 e. The maximum atomic E-state index is 9.81. The molecular weight excluding hydrogens is 759 g/mol. The highest BCUT2D eigenvalue weighted by molar-refractivity contribution is 6.04. The first-order chi connectivity index (χ1) is 34.6. The molecule has 0 aromatic heterocycles. The fraction of sp³-hybridized carbons (Fsp3) is 0. The van der Waals surface area contributed by atoms with Gasteiger partial charge in [0.2, 0.25) is 0 Å². The lowest BCUT2D eigenvalue weighted by atomic mass is 9.90. The molecule has 0 aliphatic heterocycles. The maximum absolute atomic E-state index is 9.81. The van der Waals surface area contributed by atoms with Gasteiger partial charge in [-0.2, -0.15) is 0 Å². The van der Waals surface area contributed by atoms with E-state index in [0.29, 0.717) is 16.8 Å². The summed E-state index contributed by atoms with van der Waals surface area (Å²) in [6, 6.07) is 65.6. The Morgan fingerprint density at radius 2 is 0.714 bits per heavy atom. The number of rotatable bonds is 9. The van der Waals surface area contributed by atoms with Crippen LogP contribution in [0.1, 0.15) is 11.0 Å². The van der Waals surface area contributed by atoms with Crippen LogP contribution in [0.4, 0.5) is 17.1 Å². The summed E-state index contributed by atoms with van der Waals surface area (Å²) in [5.41, 5.74) is 8.42. The Balaban J connectivity index is 1.10. The Hall–Kier alpha value is -8.26. The molecule has 1 nitrogen and oxygen atoms in total. The lowest BCUT2D eigenvalue weighted by Gasteiger charge is -2.26. The molecule has 11 rings (SSSR count). The van der Waals surface area contributed by atoms with Crippen LogP contribution >= 0.6 is 0 Å². The molecule has 0 unspecified atom stereocenters. The standard InChI is InChI=1S/C62H43N/c1-3-14-44(15-4-1)51-21-11-22-52(42-51)45-28-35-55(36-29-45)63(56-37-30-46(31-38-56)53-23-12-24-54(43-53)59-27-13-20-47-16-7-9-25-58(47)59)57-39-32-49(33-40-57)61-41-34-48-17-8-10-26-60(48)62(61)50-18-5-2-6-19-50/h1-43H/i28D,29D,32D,33D,35D,36D,39D,40D. The molecule has 0 amide bonds. The van der Waals surface area contributed by atoms with Crippen molar-refractivity contribution in [2.75, 3.05) is 4.90 Å². The summed E-state index contributed by atoms with van der Waals surface area (Å²) >= 11 is 0. The summed E-state index contributed by atoms with van der Waals surface area (Å²) in [5.74, 6) is 0. The van der Waals surface area contributed by atoms with Crippen molar-refractivity contribution < 1.29 is 11.0 Å². The van der Waals surface area contributed by atoms with Crippen LogP contribution in [0.3, 0.4) is 0 Å². The van der Waals surface area contributed by atoms with Crippen molar-refractivity contribution in [1.82, 2.24) is 0 Å². The molecule has 296 valence electrons. The molecule has 0 N–H and O–H groups in total. The molecule has 0 radical (unpaired) electrons. The van der Waals surface area contributed by atoms with Gasteiger partial charge >= 0.3 is 0 Å².